The van der Waals surface area contributed by atoms with E-state index < -0.39 is 5.97 Å². The number of ether oxygens (including phenoxy) is 1. The predicted molar refractivity (Wildman–Crippen MR) is 102 cm³/mol. The van der Waals surface area contributed by atoms with E-state index in [1.165, 1.54) is 11.3 Å². The van der Waals surface area contributed by atoms with E-state index >= 15 is 0 Å². The Bertz CT molecular complexity index is 698. The molecule has 0 radical (unpaired) electrons. The first-order valence-electron chi connectivity index (χ1n) is 8.52. The molecule has 2 N–H and O–H groups in total. The minimum absolute atomic E-state index is 0.164. The number of amides is 1. The van der Waals surface area contributed by atoms with E-state index in [1.807, 2.05) is 35.7 Å². The SMILES string of the molecule is CCCCNCC(=O)Nc1scc(-c2ccccc2)c1C(=O)OCC. The molecule has 0 atom stereocenters. The molecule has 0 bridgehead atoms. The van der Waals surface area contributed by atoms with Crippen LogP contribution in [0.5, 0.6) is 0 Å². The summed E-state index contributed by atoms with van der Waals surface area (Å²) >= 11 is 1.34. The Labute approximate surface area is 152 Å². The van der Waals surface area contributed by atoms with Crippen molar-refractivity contribution in [2.75, 3.05) is 25.0 Å². The van der Waals surface area contributed by atoms with Crippen molar-refractivity contribution in [3.63, 3.8) is 0 Å². The lowest BCUT2D eigenvalue weighted by Gasteiger charge is -2.09. The van der Waals surface area contributed by atoms with Gasteiger partial charge < -0.3 is 15.4 Å². The molecular weight excluding hydrogens is 336 g/mol. The van der Waals surface area contributed by atoms with Gasteiger partial charge in [-0.05, 0) is 25.5 Å². The van der Waals surface area contributed by atoms with Gasteiger partial charge in [-0.3, -0.25) is 4.79 Å². The monoisotopic (exact) mass is 360 g/mol. The van der Waals surface area contributed by atoms with Crippen molar-refractivity contribution in [1.82, 2.24) is 5.32 Å². The number of benzene rings is 1. The third-order valence-electron chi connectivity index (χ3n) is 3.60. The fourth-order valence-electron chi connectivity index (χ4n) is 2.36. The first kappa shape index (κ1) is 19.1. The Morgan fingerprint density at radius 3 is 2.60 bits per heavy atom. The summed E-state index contributed by atoms with van der Waals surface area (Å²) in [7, 11) is 0. The molecule has 2 rings (SSSR count). The minimum atomic E-state index is -0.420. The molecule has 0 aliphatic heterocycles. The highest BCUT2D eigenvalue weighted by atomic mass is 32.1. The number of esters is 1. The highest BCUT2D eigenvalue weighted by Gasteiger charge is 2.22. The molecule has 1 heterocycles. The van der Waals surface area contributed by atoms with Crippen molar-refractivity contribution in [3.05, 3.63) is 41.3 Å². The lowest BCUT2D eigenvalue weighted by atomic mass is 10.0. The minimum Gasteiger partial charge on any atom is -0.462 e. The molecule has 0 spiro atoms. The van der Waals surface area contributed by atoms with Gasteiger partial charge in [-0.15, -0.1) is 11.3 Å². The topological polar surface area (TPSA) is 67.4 Å². The number of unbranched alkanes of at least 4 members (excludes halogenated alkanes) is 1. The van der Waals surface area contributed by atoms with Gasteiger partial charge >= 0.3 is 5.97 Å². The molecule has 0 saturated carbocycles. The molecule has 0 aliphatic carbocycles. The van der Waals surface area contributed by atoms with Gasteiger partial charge in [0.05, 0.1) is 13.2 Å². The van der Waals surface area contributed by atoms with Crippen LogP contribution in [0.3, 0.4) is 0 Å². The van der Waals surface area contributed by atoms with E-state index in [9.17, 15) is 9.59 Å². The summed E-state index contributed by atoms with van der Waals surface area (Å²) in [4.78, 5) is 24.6. The van der Waals surface area contributed by atoms with Gasteiger partial charge in [0.15, 0.2) is 0 Å². The van der Waals surface area contributed by atoms with Gasteiger partial charge in [-0.1, -0.05) is 43.7 Å². The molecule has 0 fully saturated rings. The van der Waals surface area contributed by atoms with Crippen molar-refractivity contribution in [3.8, 4) is 11.1 Å². The number of anilines is 1. The summed E-state index contributed by atoms with van der Waals surface area (Å²) in [5.41, 5.74) is 2.11. The molecule has 0 aliphatic rings. The molecule has 25 heavy (non-hydrogen) atoms. The maximum atomic E-state index is 12.4. The van der Waals surface area contributed by atoms with Crippen LogP contribution in [0.1, 0.15) is 37.0 Å². The molecule has 2 aromatic rings. The maximum Gasteiger partial charge on any atom is 0.341 e. The third kappa shape index (κ3) is 5.41. The van der Waals surface area contributed by atoms with Crippen LogP contribution in [-0.2, 0) is 9.53 Å². The highest BCUT2D eigenvalue weighted by Crippen LogP contribution is 2.36. The number of hydrogen-bond acceptors (Lipinski definition) is 5. The van der Waals surface area contributed by atoms with Crippen molar-refractivity contribution in [1.29, 1.82) is 0 Å². The maximum absolute atomic E-state index is 12.4. The van der Waals surface area contributed by atoms with E-state index in [4.69, 9.17) is 4.74 Å². The smallest absolute Gasteiger partial charge is 0.341 e. The standard InChI is InChI=1S/C19H24N2O3S/c1-3-5-11-20-12-16(22)21-18-17(19(23)24-4-2)15(13-25-18)14-9-7-6-8-10-14/h6-10,13,20H,3-5,11-12H2,1-2H3,(H,21,22). The van der Waals surface area contributed by atoms with E-state index in [0.29, 0.717) is 10.6 Å². The highest BCUT2D eigenvalue weighted by molar-refractivity contribution is 7.15. The van der Waals surface area contributed by atoms with Gasteiger partial charge in [0.1, 0.15) is 10.6 Å². The summed E-state index contributed by atoms with van der Waals surface area (Å²) in [6.07, 6.45) is 2.10. The number of hydrogen-bond donors (Lipinski definition) is 2. The van der Waals surface area contributed by atoms with Crippen LogP contribution in [0.2, 0.25) is 0 Å². The molecule has 0 saturated heterocycles. The van der Waals surface area contributed by atoms with E-state index in [0.717, 1.165) is 30.5 Å². The van der Waals surface area contributed by atoms with Gasteiger partial charge in [0, 0.05) is 10.9 Å². The van der Waals surface area contributed by atoms with Gasteiger partial charge in [-0.2, -0.15) is 0 Å². The Morgan fingerprint density at radius 1 is 1.16 bits per heavy atom. The van der Waals surface area contributed by atoms with Gasteiger partial charge in [-0.25, -0.2) is 4.79 Å². The summed E-state index contributed by atoms with van der Waals surface area (Å²) in [5.74, 6) is -0.583. The fraction of sp³-hybridized carbons (Fsp3) is 0.368. The van der Waals surface area contributed by atoms with Crippen LogP contribution in [0.25, 0.3) is 11.1 Å². The molecule has 134 valence electrons. The van der Waals surface area contributed by atoms with Crippen LogP contribution in [-0.4, -0.2) is 31.6 Å². The van der Waals surface area contributed by atoms with Gasteiger partial charge in [0.25, 0.3) is 0 Å². The zero-order chi connectivity index (χ0) is 18.1. The number of thiophene rings is 1. The first-order chi connectivity index (χ1) is 12.2. The average molecular weight is 360 g/mol. The molecule has 1 amide bonds. The second kappa shape index (κ2) is 9.96. The summed E-state index contributed by atoms with van der Waals surface area (Å²) in [6.45, 7) is 5.18. The fourth-order valence-corrected chi connectivity index (χ4v) is 3.33. The van der Waals surface area contributed by atoms with Crippen LogP contribution in [0.4, 0.5) is 5.00 Å². The number of nitrogens with one attached hydrogen (secondary N) is 2. The van der Waals surface area contributed by atoms with Crippen LogP contribution in [0, 0.1) is 0 Å². The van der Waals surface area contributed by atoms with Crippen molar-refractivity contribution in [2.45, 2.75) is 26.7 Å². The summed E-state index contributed by atoms with van der Waals surface area (Å²) in [5, 5.41) is 8.33. The van der Waals surface area contributed by atoms with Crippen LogP contribution >= 0.6 is 11.3 Å². The van der Waals surface area contributed by atoms with Crippen molar-refractivity contribution in [2.24, 2.45) is 0 Å². The second-order valence-electron chi connectivity index (χ2n) is 5.52. The summed E-state index contributed by atoms with van der Waals surface area (Å²) < 4.78 is 5.18. The Morgan fingerprint density at radius 2 is 1.92 bits per heavy atom. The lowest BCUT2D eigenvalue weighted by Crippen LogP contribution is -2.29. The van der Waals surface area contributed by atoms with Gasteiger partial charge in [0.2, 0.25) is 5.91 Å². The van der Waals surface area contributed by atoms with E-state index in [1.54, 1.807) is 6.92 Å². The van der Waals surface area contributed by atoms with E-state index in [-0.39, 0.29) is 19.1 Å². The zero-order valence-electron chi connectivity index (χ0n) is 14.6. The Balaban J connectivity index is 2.19. The van der Waals surface area contributed by atoms with Crippen molar-refractivity contribution < 1.29 is 14.3 Å². The normalized spacial score (nSPS) is 10.5. The van der Waals surface area contributed by atoms with Crippen LogP contribution < -0.4 is 10.6 Å². The van der Waals surface area contributed by atoms with Crippen molar-refractivity contribution >= 4 is 28.2 Å². The average Bonchev–Trinajstić information content (AvgIpc) is 3.03. The molecule has 1 aromatic carbocycles. The number of carbonyl (C=O) groups is 2. The molecule has 1 aromatic heterocycles. The first-order valence-corrected chi connectivity index (χ1v) is 9.39. The zero-order valence-corrected chi connectivity index (χ0v) is 15.4. The number of rotatable bonds is 9. The molecule has 0 unspecified atom stereocenters. The second-order valence-corrected chi connectivity index (χ2v) is 6.40. The molecule has 6 heteroatoms. The molecular formula is C19H24N2O3S. The largest absolute Gasteiger partial charge is 0.462 e. The lowest BCUT2D eigenvalue weighted by molar-refractivity contribution is -0.115. The number of carbonyl (C=O) groups excluding carboxylic acids is 2. The summed E-state index contributed by atoms with van der Waals surface area (Å²) in [6, 6.07) is 9.62. The predicted octanol–water partition coefficient (Wildman–Crippen LogP) is 3.92. The third-order valence-corrected chi connectivity index (χ3v) is 4.50. The quantitative estimate of drug-likeness (QED) is 0.525. The molecule has 5 nitrogen and oxygen atoms in total. The van der Waals surface area contributed by atoms with Crippen LogP contribution in [0.15, 0.2) is 35.7 Å². The van der Waals surface area contributed by atoms with E-state index in [2.05, 4.69) is 17.6 Å². The Hall–Kier alpha value is -2.18. The Kier molecular flexibility index (Phi) is 7.63.